The maximum atomic E-state index is 12.0. The molecule has 0 radical (unpaired) electrons. The third-order valence-corrected chi connectivity index (χ3v) is 4.26. The minimum Gasteiger partial charge on any atom is -0.468 e. The first kappa shape index (κ1) is 14.4. The first-order valence-corrected chi connectivity index (χ1v) is 6.98. The van der Waals surface area contributed by atoms with Crippen molar-refractivity contribution in [2.45, 2.75) is 31.8 Å². The second kappa shape index (κ2) is 5.93. The van der Waals surface area contributed by atoms with Gasteiger partial charge in [0.1, 0.15) is 6.04 Å². The number of hydrogen-bond donors (Lipinski definition) is 0. The number of esters is 1. The van der Waals surface area contributed by atoms with Gasteiger partial charge in [-0.3, -0.25) is 9.69 Å². The zero-order valence-electron chi connectivity index (χ0n) is 11.6. The Bertz CT molecular complexity index is 459. The topological polar surface area (TPSA) is 29.5 Å². The molecular formula is C15H20ClNO2. The average Bonchev–Trinajstić information content (AvgIpc) is 3.23. The van der Waals surface area contributed by atoms with Crippen LogP contribution in [0, 0.1) is 5.92 Å². The number of methoxy groups -OCH3 is 1. The molecule has 1 fully saturated rings. The molecule has 2 unspecified atom stereocenters. The molecule has 0 saturated heterocycles. The Hall–Kier alpha value is -1.06. The van der Waals surface area contributed by atoms with Gasteiger partial charge >= 0.3 is 5.97 Å². The van der Waals surface area contributed by atoms with Crippen molar-refractivity contribution >= 4 is 17.6 Å². The summed E-state index contributed by atoms with van der Waals surface area (Å²) in [5, 5.41) is 0.737. The van der Waals surface area contributed by atoms with Gasteiger partial charge in [0, 0.05) is 11.1 Å². The molecule has 2 atom stereocenters. The molecule has 1 aliphatic rings. The van der Waals surface area contributed by atoms with Crippen molar-refractivity contribution in [2.75, 3.05) is 14.2 Å². The van der Waals surface area contributed by atoms with Crippen molar-refractivity contribution in [3.63, 3.8) is 0 Å². The molecule has 0 amide bonds. The Morgan fingerprint density at radius 1 is 1.42 bits per heavy atom. The van der Waals surface area contributed by atoms with Crippen molar-refractivity contribution in [1.29, 1.82) is 0 Å². The molecule has 3 nitrogen and oxygen atoms in total. The van der Waals surface area contributed by atoms with Gasteiger partial charge in [-0.15, -0.1) is 0 Å². The fraction of sp³-hybridized carbons (Fsp3) is 0.533. The largest absolute Gasteiger partial charge is 0.468 e. The van der Waals surface area contributed by atoms with E-state index in [4.69, 9.17) is 16.3 Å². The normalized spacial score (nSPS) is 18.2. The van der Waals surface area contributed by atoms with Crippen molar-refractivity contribution in [3.8, 4) is 0 Å². The molecule has 2 rings (SSSR count). The third kappa shape index (κ3) is 3.10. The smallest absolute Gasteiger partial charge is 0.323 e. The molecule has 0 spiro atoms. The lowest BCUT2D eigenvalue weighted by atomic mass is 10.0. The van der Waals surface area contributed by atoms with E-state index in [0.29, 0.717) is 5.92 Å². The van der Waals surface area contributed by atoms with E-state index in [0.717, 1.165) is 23.4 Å². The summed E-state index contributed by atoms with van der Waals surface area (Å²) in [7, 11) is 3.42. The molecular weight excluding hydrogens is 262 g/mol. The van der Waals surface area contributed by atoms with E-state index >= 15 is 0 Å². The molecule has 1 aromatic rings. The lowest BCUT2D eigenvalue weighted by Crippen LogP contribution is -2.42. The summed E-state index contributed by atoms with van der Waals surface area (Å²) in [6.07, 6.45) is 2.19. The Balaban J connectivity index is 2.19. The first-order chi connectivity index (χ1) is 9.06. The summed E-state index contributed by atoms with van der Waals surface area (Å²) in [5.74, 6) is 0.270. The van der Waals surface area contributed by atoms with E-state index in [1.807, 2.05) is 31.3 Å². The predicted octanol–water partition coefficient (Wildman–Crippen LogP) is 3.28. The number of hydrogen-bond acceptors (Lipinski definition) is 3. The summed E-state index contributed by atoms with van der Waals surface area (Å²) in [6.45, 7) is 2.07. The summed E-state index contributed by atoms with van der Waals surface area (Å²) < 4.78 is 4.94. The molecule has 0 aromatic heterocycles. The molecule has 0 bridgehead atoms. The number of likely N-dealkylation sites (N-methyl/N-ethyl adjacent to an activating group) is 1. The van der Waals surface area contributed by atoms with Crippen LogP contribution in [0.2, 0.25) is 5.02 Å². The van der Waals surface area contributed by atoms with Gasteiger partial charge in [0.2, 0.25) is 0 Å². The van der Waals surface area contributed by atoms with Crippen molar-refractivity contribution in [2.24, 2.45) is 5.92 Å². The van der Waals surface area contributed by atoms with Crippen LogP contribution in [-0.2, 0) is 9.53 Å². The number of ether oxygens (including phenoxy) is 1. The minimum atomic E-state index is -0.170. The zero-order chi connectivity index (χ0) is 14.0. The van der Waals surface area contributed by atoms with Gasteiger partial charge in [-0.2, -0.15) is 0 Å². The highest BCUT2D eigenvalue weighted by Gasteiger charge is 2.41. The summed E-state index contributed by atoms with van der Waals surface area (Å²) >= 11 is 6.23. The maximum absolute atomic E-state index is 12.0. The predicted molar refractivity (Wildman–Crippen MR) is 76.2 cm³/mol. The fourth-order valence-electron chi connectivity index (χ4n) is 2.50. The van der Waals surface area contributed by atoms with E-state index in [9.17, 15) is 4.79 Å². The molecule has 0 aliphatic heterocycles. The lowest BCUT2D eigenvalue weighted by Gasteiger charge is -2.32. The molecule has 4 heteroatoms. The third-order valence-electron chi connectivity index (χ3n) is 3.92. The van der Waals surface area contributed by atoms with Gasteiger partial charge in [0.05, 0.1) is 7.11 Å². The van der Waals surface area contributed by atoms with Crippen molar-refractivity contribution < 1.29 is 9.53 Å². The molecule has 1 saturated carbocycles. The van der Waals surface area contributed by atoms with E-state index in [1.165, 1.54) is 7.11 Å². The molecule has 104 valence electrons. The van der Waals surface area contributed by atoms with Crippen LogP contribution in [0.5, 0.6) is 0 Å². The van der Waals surface area contributed by atoms with Crippen molar-refractivity contribution in [3.05, 3.63) is 34.9 Å². The Labute approximate surface area is 119 Å². The lowest BCUT2D eigenvalue weighted by molar-refractivity contribution is -0.148. The Morgan fingerprint density at radius 3 is 2.58 bits per heavy atom. The first-order valence-electron chi connectivity index (χ1n) is 6.60. The molecule has 1 aromatic carbocycles. The number of carbonyl (C=O) groups excluding carboxylic acids is 1. The molecule has 0 heterocycles. The van der Waals surface area contributed by atoms with Crippen LogP contribution in [0.4, 0.5) is 0 Å². The minimum absolute atomic E-state index is 0.0819. The average molecular weight is 282 g/mol. The van der Waals surface area contributed by atoms with Crippen LogP contribution in [0.1, 0.15) is 31.4 Å². The Kier molecular flexibility index (Phi) is 4.48. The van der Waals surface area contributed by atoms with Gasteiger partial charge in [-0.1, -0.05) is 29.8 Å². The quantitative estimate of drug-likeness (QED) is 0.776. The van der Waals surface area contributed by atoms with Gasteiger partial charge in [0.25, 0.3) is 0 Å². The SMILES string of the molecule is COC(=O)C(C1CC1)N(C)C(C)c1ccccc1Cl. The fourth-order valence-corrected chi connectivity index (χ4v) is 2.79. The number of rotatable bonds is 5. The van der Waals surface area contributed by atoms with Gasteiger partial charge < -0.3 is 4.74 Å². The summed E-state index contributed by atoms with van der Waals surface area (Å²) in [4.78, 5) is 14.0. The second-order valence-electron chi connectivity index (χ2n) is 5.17. The monoisotopic (exact) mass is 281 g/mol. The maximum Gasteiger partial charge on any atom is 0.323 e. The Morgan fingerprint density at radius 2 is 2.05 bits per heavy atom. The van der Waals surface area contributed by atoms with Crippen LogP contribution in [0.3, 0.4) is 0 Å². The van der Waals surface area contributed by atoms with Gasteiger partial charge in [-0.25, -0.2) is 0 Å². The number of carbonyl (C=O) groups is 1. The van der Waals surface area contributed by atoms with E-state index < -0.39 is 0 Å². The number of benzene rings is 1. The number of nitrogens with zero attached hydrogens (tertiary/aromatic N) is 1. The zero-order valence-corrected chi connectivity index (χ0v) is 12.4. The highest BCUT2D eigenvalue weighted by molar-refractivity contribution is 6.31. The molecule has 0 N–H and O–H groups in total. The molecule has 19 heavy (non-hydrogen) atoms. The standard InChI is InChI=1S/C15H20ClNO2/c1-10(12-6-4-5-7-13(12)16)17(2)14(11-8-9-11)15(18)19-3/h4-7,10-11,14H,8-9H2,1-3H3. The molecule has 1 aliphatic carbocycles. The van der Waals surface area contributed by atoms with Crippen molar-refractivity contribution in [1.82, 2.24) is 4.90 Å². The van der Waals surface area contributed by atoms with Gasteiger partial charge in [0.15, 0.2) is 0 Å². The summed E-state index contributed by atoms with van der Waals surface area (Å²) in [6, 6.07) is 7.68. The van der Waals surface area contributed by atoms with Crippen LogP contribution < -0.4 is 0 Å². The van der Waals surface area contributed by atoms with Crippen LogP contribution in [0.15, 0.2) is 24.3 Å². The van der Waals surface area contributed by atoms with E-state index in [1.54, 1.807) is 0 Å². The number of halogens is 1. The van der Waals surface area contributed by atoms with E-state index in [2.05, 4.69) is 11.8 Å². The van der Waals surface area contributed by atoms with Crippen LogP contribution >= 0.6 is 11.6 Å². The van der Waals surface area contributed by atoms with Crippen LogP contribution in [0.25, 0.3) is 0 Å². The van der Waals surface area contributed by atoms with Crippen LogP contribution in [-0.4, -0.2) is 31.1 Å². The highest BCUT2D eigenvalue weighted by Crippen LogP contribution is 2.39. The second-order valence-corrected chi connectivity index (χ2v) is 5.58. The van der Waals surface area contributed by atoms with E-state index in [-0.39, 0.29) is 18.1 Å². The van der Waals surface area contributed by atoms with Gasteiger partial charge in [-0.05, 0) is 44.4 Å². The summed E-state index contributed by atoms with van der Waals surface area (Å²) in [5.41, 5.74) is 1.04. The highest BCUT2D eigenvalue weighted by atomic mass is 35.5.